The molecular formula is C15H11BrFN3O2S. The highest BCUT2D eigenvalue weighted by Gasteiger charge is 2.19. The summed E-state index contributed by atoms with van der Waals surface area (Å²) in [5.41, 5.74) is 0.530. The maximum absolute atomic E-state index is 13.1. The van der Waals surface area contributed by atoms with Gasteiger partial charge in [0, 0.05) is 0 Å². The molecule has 0 bridgehead atoms. The van der Waals surface area contributed by atoms with Gasteiger partial charge in [0.2, 0.25) is 0 Å². The zero-order valence-corrected chi connectivity index (χ0v) is 14.1. The van der Waals surface area contributed by atoms with Gasteiger partial charge in [-0.05, 0) is 52.3 Å². The van der Waals surface area contributed by atoms with Gasteiger partial charge in [-0.3, -0.25) is 4.72 Å². The van der Waals surface area contributed by atoms with Crippen LogP contribution in [0.2, 0.25) is 0 Å². The average molecular weight is 396 g/mol. The number of benzene rings is 2. The molecule has 0 radical (unpaired) electrons. The zero-order valence-electron chi connectivity index (χ0n) is 11.6. The summed E-state index contributed by atoms with van der Waals surface area (Å²) >= 11 is 3.27. The van der Waals surface area contributed by atoms with Crippen LogP contribution in [0.25, 0.3) is 5.69 Å². The van der Waals surface area contributed by atoms with E-state index in [1.807, 2.05) is 0 Å². The van der Waals surface area contributed by atoms with Crippen molar-refractivity contribution in [2.24, 2.45) is 0 Å². The summed E-state index contributed by atoms with van der Waals surface area (Å²) < 4.78 is 42.3. The maximum atomic E-state index is 13.1. The van der Waals surface area contributed by atoms with Gasteiger partial charge in [0.15, 0.2) is 5.82 Å². The zero-order chi connectivity index (χ0) is 16.4. The molecule has 1 N–H and O–H groups in total. The maximum Gasteiger partial charge on any atom is 0.263 e. The van der Waals surface area contributed by atoms with Gasteiger partial charge in [0.1, 0.15) is 5.82 Å². The second kappa shape index (κ2) is 6.13. The minimum absolute atomic E-state index is 0.138. The molecule has 23 heavy (non-hydrogen) atoms. The van der Waals surface area contributed by atoms with Crippen LogP contribution >= 0.6 is 15.9 Å². The lowest BCUT2D eigenvalue weighted by atomic mass is 10.3. The Kier molecular flexibility index (Phi) is 4.18. The SMILES string of the molecule is O=S(=O)(Nc1c(Br)cnn1-c1ccc(F)cc1)c1ccccc1. The molecule has 0 atom stereocenters. The normalized spacial score (nSPS) is 11.4. The van der Waals surface area contributed by atoms with Crippen LogP contribution in [0.1, 0.15) is 0 Å². The Morgan fingerprint density at radius 1 is 1.04 bits per heavy atom. The fourth-order valence-corrected chi connectivity index (χ4v) is 3.56. The van der Waals surface area contributed by atoms with E-state index >= 15 is 0 Å². The molecule has 3 aromatic rings. The monoisotopic (exact) mass is 395 g/mol. The van der Waals surface area contributed by atoms with Crippen molar-refractivity contribution < 1.29 is 12.8 Å². The molecule has 0 unspecified atom stereocenters. The number of hydrogen-bond acceptors (Lipinski definition) is 3. The van der Waals surface area contributed by atoms with Crippen molar-refractivity contribution in [1.29, 1.82) is 0 Å². The van der Waals surface area contributed by atoms with Crippen LogP contribution in [0.5, 0.6) is 0 Å². The molecule has 5 nitrogen and oxygen atoms in total. The van der Waals surface area contributed by atoms with E-state index in [0.717, 1.165) is 0 Å². The fourth-order valence-electron chi connectivity index (χ4n) is 1.98. The molecular weight excluding hydrogens is 385 g/mol. The van der Waals surface area contributed by atoms with Gasteiger partial charge in [-0.1, -0.05) is 18.2 Å². The van der Waals surface area contributed by atoms with E-state index in [1.165, 1.54) is 47.3 Å². The van der Waals surface area contributed by atoms with Crippen LogP contribution in [0.3, 0.4) is 0 Å². The summed E-state index contributed by atoms with van der Waals surface area (Å²) in [6.45, 7) is 0. The Bertz CT molecular complexity index is 925. The van der Waals surface area contributed by atoms with E-state index in [2.05, 4.69) is 25.8 Å². The number of aromatic nitrogens is 2. The number of hydrogen-bond donors (Lipinski definition) is 1. The summed E-state index contributed by atoms with van der Waals surface area (Å²) in [6.07, 6.45) is 1.46. The molecule has 8 heteroatoms. The van der Waals surface area contributed by atoms with Gasteiger partial charge in [0.25, 0.3) is 10.0 Å². The number of sulfonamides is 1. The minimum Gasteiger partial charge on any atom is -0.262 e. The van der Waals surface area contributed by atoms with Gasteiger partial charge in [-0.2, -0.15) is 5.10 Å². The van der Waals surface area contributed by atoms with Crippen molar-refractivity contribution in [3.05, 3.63) is 71.1 Å². The lowest BCUT2D eigenvalue weighted by Crippen LogP contribution is -2.16. The van der Waals surface area contributed by atoms with Crippen LogP contribution in [-0.4, -0.2) is 18.2 Å². The lowest BCUT2D eigenvalue weighted by molar-refractivity contribution is 0.600. The molecule has 3 rings (SSSR count). The molecule has 2 aromatic carbocycles. The third-order valence-electron chi connectivity index (χ3n) is 3.08. The predicted molar refractivity (Wildman–Crippen MR) is 88.5 cm³/mol. The second-order valence-corrected chi connectivity index (χ2v) is 7.18. The summed E-state index contributed by atoms with van der Waals surface area (Å²) in [7, 11) is -3.76. The average Bonchev–Trinajstić information content (AvgIpc) is 2.90. The topological polar surface area (TPSA) is 64.0 Å². The number of halogens is 2. The molecule has 1 aromatic heterocycles. The smallest absolute Gasteiger partial charge is 0.262 e. The van der Waals surface area contributed by atoms with E-state index in [1.54, 1.807) is 18.2 Å². The standard InChI is InChI=1S/C15H11BrFN3O2S/c16-14-10-18-20(12-8-6-11(17)7-9-12)15(14)19-23(21,22)13-4-2-1-3-5-13/h1-10,19H. The first kappa shape index (κ1) is 15.7. The Hall–Kier alpha value is -2.19. The van der Waals surface area contributed by atoms with Crippen molar-refractivity contribution in [2.45, 2.75) is 4.90 Å². The van der Waals surface area contributed by atoms with Gasteiger partial charge in [-0.15, -0.1) is 0 Å². The quantitative estimate of drug-likeness (QED) is 0.734. The third kappa shape index (κ3) is 3.27. The highest BCUT2D eigenvalue weighted by Crippen LogP contribution is 2.27. The lowest BCUT2D eigenvalue weighted by Gasteiger charge is -2.11. The highest BCUT2D eigenvalue weighted by molar-refractivity contribution is 9.10. The van der Waals surface area contributed by atoms with Crippen LogP contribution in [0.15, 0.2) is 70.2 Å². The van der Waals surface area contributed by atoms with Crippen LogP contribution in [0.4, 0.5) is 10.2 Å². The number of nitrogens with zero attached hydrogens (tertiary/aromatic N) is 2. The van der Waals surface area contributed by atoms with E-state index in [-0.39, 0.29) is 16.5 Å². The van der Waals surface area contributed by atoms with Gasteiger partial charge in [-0.25, -0.2) is 17.5 Å². The van der Waals surface area contributed by atoms with E-state index in [9.17, 15) is 12.8 Å². The summed E-state index contributed by atoms with van der Waals surface area (Å²) in [6, 6.07) is 13.6. The molecule has 0 saturated heterocycles. The van der Waals surface area contributed by atoms with Crippen molar-refractivity contribution in [2.75, 3.05) is 4.72 Å². The Morgan fingerprint density at radius 3 is 2.35 bits per heavy atom. The van der Waals surface area contributed by atoms with Crippen molar-refractivity contribution in [1.82, 2.24) is 9.78 Å². The van der Waals surface area contributed by atoms with Gasteiger partial charge in [0.05, 0.1) is 21.3 Å². The van der Waals surface area contributed by atoms with Crippen molar-refractivity contribution in [3.8, 4) is 5.69 Å². The second-order valence-electron chi connectivity index (χ2n) is 4.65. The molecule has 0 aliphatic carbocycles. The highest BCUT2D eigenvalue weighted by atomic mass is 79.9. The number of anilines is 1. The Labute approximate surface area is 140 Å². The van der Waals surface area contributed by atoms with E-state index in [0.29, 0.717) is 10.2 Å². The molecule has 0 aliphatic heterocycles. The van der Waals surface area contributed by atoms with Crippen molar-refractivity contribution >= 4 is 31.8 Å². The fraction of sp³-hybridized carbons (Fsp3) is 0. The third-order valence-corrected chi connectivity index (χ3v) is 5.02. The van der Waals surface area contributed by atoms with Crippen LogP contribution in [0, 0.1) is 5.82 Å². The van der Waals surface area contributed by atoms with Crippen LogP contribution < -0.4 is 4.72 Å². The molecule has 0 fully saturated rings. The Morgan fingerprint density at radius 2 is 1.70 bits per heavy atom. The minimum atomic E-state index is -3.76. The summed E-state index contributed by atoms with van der Waals surface area (Å²) in [4.78, 5) is 0.138. The van der Waals surface area contributed by atoms with E-state index in [4.69, 9.17) is 0 Å². The first-order valence-corrected chi connectivity index (χ1v) is 8.82. The summed E-state index contributed by atoms with van der Waals surface area (Å²) in [5.74, 6) is -0.146. The molecule has 0 amide bonds. The van der Waals surface area contributed by atoms with Crippen LogP contribution in [-0.2, 0) is 10.0 Å². The first-order valence-electron chi connectivity index (χ1n) is 6.55. The Balaban J connectivity index is 2.01. The molecule has 0 spiro atoms. The molecule has 0 aliphatic rings. The van der Waals surface area contributed by atoms with Crippen molar-refractivity contribution in [3.63, 3.8) is 0 Å². The first-order chi connectivity index (χ1) is 11.0. The molecule has 118 valence electrons. The predicted octanol–water partition coefficient (Wildman–Crippen LogP) is 3.57. The number of nitrogens with one attached hydrogen (secondary N) is 1. The summed E-state index contributed by atoms with van der Waals surface area (Å²) in [5, 5.41) is 4.11. The number of rotatable bonds is 4. The molecule has 1 heterocycles. The largest absolute Gasteiger partial charge is 0.263 e. The van der Waals surface area contributed by atoms with E-state index < -0.39 is 10.0 Å². The molecule has 0 saturated carbocycles. The van der Waals surface area contributed by atoms with Gasteiger partial charge < -0.3 is 0 Å². The van der Waals surface area contributed by atoms with Gasteiger partial charge >= 0.3 is 0 Å².